The first-order valence-corrected chi connectivity index (χ1v) is 5.13. The van der Waals surface area contributed by atoms with Gasteiger partial charge in [-0.1, -0.05) is 29.3 Å². The van der Waals surface area contributed by atoms with E-state index in [0.29, 0.717) is 15.6 Å². The Morgan fingerprint density at radius 1 is 1.50 bits per heavy atom. The van der Waals surface area contributed by atoms with Gasteiger partial charge in [0.25, 0.3) is 5.91 Å². The van der Waals surface area contributed by atoms with Crippen LogP contribution in [-0.2, 0) is 4.79 Å². The fourth-order valence-electron chi connectivity index (χ4n) is 1.06. The smallest absolute Gasteiger partial charge is 0.261 e. The zero-order chi connectivity index (χ0) is 12.1. The lowest BCUT2D eigenvalue weighted by Crippen LogP contribution is -2.19. The molecular weight excluding hydrogens is 247 g/mol. The van der Waals surface area contributed by atoms with Crippen LogP contribution in [0, 0.1) is 11.3 Å². The largest absolute Gasteiger partial charge is 0.354 e. The third-order valence-corrected chi connectivity index (χ3v) is 2.42. The minimum atomic E-state index is -0.450. The number of nitrogens with zero attached hydrogens (tertiary/aromatic N) is 1. The first-order chi connectivity index (χ1) is 7.58. The molecule has 0 radical (unpaired) electrons. The summed E-state index contributed by atoms with van der Waals surface area (Å²) in [6.45, 7) is 0. The summed E-state index contributed by atoms with van der Waals surface area (Å²) < 4.78 is 0. The van der Waals surface area contributed by atoms with E-state index in [1.807, 2.05) is 0 Å². The number of hydrogen-bond acceptors (Lipinski definition) is 2. The van der Waals surface area contributed by atoms with E-state index in [9.17, 15) is 4.79 Å². The molecule has 0 aliphatic carbocycles. The molecule has 3 nitrogen and oxygen atoms in total. The number of carbonyl (C=O) groups is 1. The Labute approximate surface area is 103 Å². The number of likely N-dealkylation sites (N-methyl/N-ethyl adjacent to an activating group) is 1. The minimum absolute atomic E-state index is 0.00766. The summed E-state index contributed by atoms with van der Waals surface area (Å²) in [7, 11) is 1.46. The van der Waals surface area contributed by atoms with E-state index in [-0.39, 0.29) is 5.57 Å². The van der Waals surface area contributed by atoms with Crippen molar-refractivity contribution in [2.24, 2.45) is 0 Å². The number of amides is 1. The SMILES string of the molecule is CNC(=O)/C(C#N)=C\c1ccc(Cl)cc1Cl. The molecule has 1 aromatic carbocycles. The van der Waals surface area contributed by atoms with Gasteiger partial charge in [-0.2, -0.15) is 5.26 Å². The summed E-state index contributed by atoms with van der Waals surface area (Å²) in [6, 6.07) is 6.63. The molecule has 0 aromatic heterocycles. The van der Waals surface area contributed by atoms with Crippen LogP contribution in [0.5, 0.6) is 0 Å². The topological polar surface area (TPSA) is 52.9 Å². The van der Waals surface area contributed by atoms with Gasteiger partial charge < -0.3 is 5.32 Å². The van der Waals surface area contributed by atoms with Crippen LogP contribution < -0.4 is 5.32 Å². The summed E-state index contributed by atoms with van der Waals surface area (Å²) in [6.07, 6.45) is 1.41. The molecule has 1 rings (SSSR count). The maximum Gasteiger partial charge on any atom is 0.261 e. The van der Waals surface area contributed by atoms with Gasteiger partial charge in [-0.15, -0.1) is 0 Å². The second-order valence-corrected chi connectivity index (χ2v) is 3.76. The second kappa shape index (κ2) is 5.55. The van der Waals surface area contributed by atoms with Crippen molar-refractivity contribution in [1.29, 1.82) is 5.26 Å². The lowest BCUT2D eigenvalue weighted by molar-refractivity contribution is -0.116. The lowest BCUT2D eigenvalue weighted by atomic mass is 10.1. The van der Waals surface area contributed by atoms with Crippen molar-refractivity contribution >= 4 is 35.2 Å². The first kappa shape index (κ1) is 12.6. The van der Waals surface area contributed by atoms with E-state index < -0.39 is 5.91 Å². The van der Waals surface area contributed by atoms with Crippen molar-refractivity contribution in [2.75, 3.05) is 7.05 Å². The van der Waals surface area contributed by atoms with Gasteiger partial charge in [-0.3, -0.25) is 4.79 Å². The van der Waals surface area contributed by atoms with Gasteiger partial charge in [0, 0.05) is 17.1 Å². The van der Waals surface area contributed by atoms with Crippen LogP contribution in [0.25, 0.3) is 6.08 Å². The summed E-state index contributed by atoms with van der Waals surface area (Å²) in [4.78, 5) is 11.3. The van der Waals surface area contributed by atoms with Crippen LogP contribution in [0.1, 0.15) is 5.56 Å². The molecule has 0 aliphatic heterocycles. The average molecular weight is 255 g/mol. The van der Waals surface area contributed by atoms with E-state index >= 15 is 0 Å². The van der Waals surface area contributed by atoms with Crippen LogP contribution in [0.3, 0.4) is 0 Å². The number of rotatable bonds is 2. The summed E-state index contributed by atoms with van der Waals surface area (Å²) in [5.41, 5.74) is 0.568. The van der Waals surface area contributed by atoms with Gasteiger partial charge in [0.1, 0.15) is 11.6 Å². The molecule has 1 N–H and O–H groups in total. The molecule has 0 unspecified atom stereocenters. The predicted molar refractivity (Wildman–Crippen MR) is 64.1 cm³/mol. The molecule has 0 bridgehead atoms. The van der Waals surface area contributed by atoms with E-state index in [2.05, 4.69) is 5.32 Å². The normalized spacial score (nSPS) is 10.8. The van der Waals surface area contributed by atoms with Gasteiger partial charge >= 0.3 is 0 Å². The first-order valence-electron chi connectivity index (χ1n) is 4.37. The van der Waals surface area contributed by atoms with Crippen molar-refractivity contribution in [1.82, 2.24) is 5.32 Å². The van der Waals surface area contributed by atoms with Gasteiger partial charge in [0.05, 0.1) is 0 Å². The van der Waals surface area contributed by atoms with Crippen molar-refractivity contribution in [3.05, 3.63) is 39.4 Å². The predicted octanol–water partition coefficient (Wildman–Crippen LogP) is 2.65. The fourth-order valence-corrected chi connectivity index (χ4v) is 1.52. The molecule has 0 heterocycles. The summed E-state index contributed by atoms with van der Waals surface area (Å²) in [5, 5.41) is 12.0. The summed E-state index contributed by atoms with van der Waals surface area (Å²) in [5.74, 6) is -0.450. The Hall–Kier alpha value is -1.50. The zero-order valence-corrected chi connectivity index (χ0v) is 9.93. The Bertz CT molecular complexity index is 489. The van der Waals surface area contributed by atoms with Crippen molar-refractivity contribution in [3.63, 3.8) is 0 Å². The summed E-state index contributed by atoms with van der Waals surface area (Å²) >= 11 is 11.6. The van der Waals surface area contributed by atoms with Crippen LogP contribution in [0.4, 0.5) is 0 Å². The van der Waals surface area contributed by atoms with Crippen LogP contribution in [-0.4, -0.2) is 13.0 Å². The highest BCUT2D eigenvalue weighted by Crippen LogP contribution is 2.22. The van der Waals surface area contributed by atoms with Crippen LogP contribution in [0.2, 0.25) is 10.0 Å². The highest BCUT2D eigenvalue weighted by molar-refractivity contribution is 6.35. The van der Waals surface area contributed by atoms with Crippen molar-refractivity contribution in [3.8, 4) is 6.07 Å². The standard InChI is InChI=1S/C11H8Cl2N2O/c1-15-11(16)8(6-14)4-7-2-3-9(12)5-10(7)13/h2-5H,1H3,(H,15,16)/b8-4-. The van der Waals surface area contributed by atoms with E-state index in [4.69, 9.17) is 28.5 Å². The molecule has 1 amide bonds. The number of carbonyl (C=O) groups excluding carboxylic acids is 1. The Balaban J connectivity index is 3.15. The number of hydrogen-bond donors (Lipinski definition) is 1. The monoisotopic (exact) mass is 254 g/mol. The second-order valence-electron chi connectivity index (χ2n) is 2.91. The van der Waals surface area contributed by atoms with Gasteiger partial charge in [-0.05, 0) is 23.8 Å². The quantitative estimate of drug-likeness (QED) is 0.652. The molecule has 0 atom stereocenters. The Morgan fingerprint density at radius 3 is 2.69 bits per heavy atom. The van der Waals surface area contributed by atoms with E-state index in [0.717, 1.165) is 0 Å². The molecule has 16 heavy (non-hydrogen) atoms. The highest BCUT2D eigenvalue weighted by Gasteiger charge is 2.07. The zero-order valence-electron chi connectivity index (χ0n) is 8.42. The molecule has 1 aromatic rings. The third kappa shape index (κ3) is 2.99. The Kier molecular flexibility index (Phi) is 4.36. The number of halogens is 2. The fraction of sp³-hybridized carbons (Fsp3) is 0.0909. The Morgan fingerprint density at radius 2 is 2.19 bits per heavy atom. The number of benzene rings is 1. The molecule has 0 spiro atoms. The molecule has 0 saturated carbocycles. The van der Waals surface area contributed by atoms with Crippen molar-refractivity contribution < 1.29 is 4.79 Å². The molecule has 0 saturated heterocycles. The van der Waals surface area contributed by atoms with E-state index in [1.165, 1.54) is 13.1 Å². The highest BCUT2D eigenvalue weighted by atomic mass is 35.5. The maximum absolute atomic E-state index is 11.3. The van der Waals surface area contributed by atoms with Gasteiger partial charge in [-0.25, -0.2) is 0 Å². The van der Waals surface area contributed by atoms with Crippen LogP contribution >= 0.6 is 23.2 Å². The number of nitrogens with one attached hydrogen (secondary N) is 1. The number of nitriles is 1. The van der Waals surface area contributed by atoms with Crippen LogP contribution in [0.15, 0.2) is 23.8 Å². The lowest BCUT2D eigenvalue weighted by Gasteiger charge is -2.00. The van der Waals surface area contributed by atoms with Gasteiger partial charge in [0.15, 0.2) is 0 Å². The molecule has 82 valence electrons. The van der Waals surface area contributed by atoms with Gasteiger partial charge in [0.2, 0.25) is 0 Å². The molecule has 0 fully saturated rings. The maximum atomic E-state index is 11.3. The third-order valence-electron chi connectivity index (χ3n) is 1.85. The van der Waals surface area contributed by atoms with Crippen molar-refractivity contribution in [2.45, 2.75) is 0 Å². The molecular formula is C11H8Cl2N2O. The average Bonchev–Trinajstić information content (AvgIpc) is 2.27. The van der Waals surface area contributed by atoms with E-state index in [1.54, 1.807) is 24.3 Å². The molecule has 5 heteroatoms. The molecule has 0 aliphatic rings. The minimum Gasteiger partial charge on any atom is -0.354 e.